The highest BCUT2D eigenvalue weighted by Crippen LogP contribution is 2.14. The van der Waals surface area contributed by atoms with Gasteiger partial charge in [-0.3, -0.25) is 0 Å². The summed E-state index contributed by atoms with van der Waals surface area (Å²) >= 11 is 4.53. The molecule has 0 fully saturated rings. The van der Waals surface area contributed by atoms with E-state index in [9.17, 15) is 0 Å². The summed E-state index contributed by atoms with van der Waals surface area (Å²) in [5.74, 6) is 0.676. The van der Waals surface area contributed by atoms with Gasteiger partial charge in [0.05, 0.1) is 11.2 Å². The van der Waals surface area contributed by atoms with Gasteiger partial charge < -0.3 is 0 Å². The van der Waals surface area contributed by atoms with E-state index in [0.717, 1.165) is 0 Å². The van der Waals surface area contributed by atoms with Crippen molar-refractivity contribution < 1.29 is 0 Å². The van der Waals surface area contributed by atoms with Gasteiger partial charge in [0, 0.05) is 0 Å². The highest BCUT2D eigenvalue weighted by Gasteiger charge is 2.10. The second kappa shape index (κ2) is 5.57. The summed E-state index contributed by atoms with van der Waals surface area (Å²) in [6.45, 7) is 6.46. The SMILES string of the molecule is CCC(CC)[C@H](C)N=C=S. The van der Waals surface area contributed by atoms with Crippen molar-refractivity contribution in [3.8, 4) is 0 Å². The summed E-state index contributed by atoms with van der Waals surface area (Å²) in [6.07, 6.45) is 2.36. The van der Waals surface area contributed by atoms with Crippen molar-refractivity contribution in [1.82, 2.24) is 0 Å². The molecule has 0 aromatic heterocycles. The zero-order chi connectivity index (χ0) is 7.98. The maximum absolute atomic E-state index is 4.53. The molecule has 1 nitrogen and oxygen atoms in total. The Morgan fingerprint density at radius 2 is 1.90 bits per heavy atom. The average molecular weight is 157 g/mol. The molecule has 0 aliphatic carbocycles. The minimum Gasteiger partial charge on any atom is -0.229 e. The molecular weight excluding hydrogens is 142 g/mol. The number of thiocarbonyl (C=S) groups is 1. The molecule has 0 bridgehead atoms. The van der Waals surface area contributed by atoms with E-state index < -0.39 is 0 Å². The Labute approximate surface area is 68.5 Å². The van der Waals surface area contributed by atoms with Crippen LogP contribution < -0.4 is 0 Å². The minimum atomic E-state index is 0.354. The lowest BCUT2D eigenvalue weighted by atomic mass is 9.96. The van der Waals surface area contributed by atoms with Crippen LogP contribution in [0.25, 0.3) is 0 Å². The molecule has 0 aliphatic rings. The minimum absolute atomic E-state index is 0.354. The largest absolute Gasteiger partial charge is 0.229 e. The van der Waals surface area contributed by atoms with Crippen LogP contribution in [0.2, 0.25) is 0 Å². The van der Waals surface area contributed by atoms with Crippen LogP contribution in [-0.2, 0) is 0 Å². The third-order valence-corrected chi connectivity index (χ3v) is 2.09. The van der Waals surface area contributed by atoms with E-state index in [2.05, 4.69) is 43.1 Å². The highest BCUT2D eigenvalue weighted by atomic mass is 32.1. The first kappa shape index (κ1) is 9.80. The summed E-state index contributed by atoms with van der Waals surface area (Å²) in [6, 6.07) is 0.354. The van der Waals surface area contributed by atoms with E-state index >= 15 is 0 Å². The van der Waals surface area contributed by atoms with Gasteiger partial charge in [0.1, 0.15) is 0 Å². The van der Waals surface area contributed by atoms with E-state index in [1.165, 1.54) is 12.8 Å². The zero-order valence-electron chi connectivity index (χ0n) is 6.92. The van der Waals surface area contributed by atoms with Gasteiger partial charge in [0.25, 0.3) is 0 Å². The molecular formula is C8H15NS. The molecule has 0 radical (unpaired) electrons. The predicted octanol–water partition coefficient (Wildman–Crippen LogP) is 2.91. The van der Waals surface area contributed by atoms with Crippen LogP contribution in [0, 0.1) is 5.92 Å². The van der Waals surface area contributed by atoms with Gasteiger partial charge in [-0.15, -0.1) is 0 Å². The smallest absolute Gasteiger partial charge is 0.0602 e. The summed E-state index contributed by atoms with van der Waals surface area (Å²) < 4.78 is 0. The Balaban J connectivity index is 3.87. The quantitative estimate of drug-likeness (QED) is 0.451. The summed E-state index contributed by atoms with van der Waals surface area (Å²) in [5, 5.41) is 2.42. The van der Waals surface area contributed by atoms with Gasteiger partial charge >= 0.3 is 0 Å². The van der Waals surface area contributed by atoms with E-state index in [4.69, 9.17) is 0 Å². The Kier molecular flexibility index (Phi) is 5.46. The first-order valence-electron chi connectivity index (χ1n) is 3.83. The fourth-order valence-corrected chi connectivity index (χ4v) is 1.33. The summed E-state index contributed by atoms with van der Waals surface area (Å²) in [4.78, 5) is 4.03. The van der Waals surface area contributed by atoms with Crippen LogP contribution in [0.15, 0.2) is 4.99 Å². The monoisotopic (exact) mass is 157 g/mol. The lowest BCUT2D eigenvalue weighted by molar-refractivity contribution is 0.421. The van der Waals surface area contributed by atoms with Gasteiger partial charge in [-0.05, 0) is 25.1 Å². The lowest BCUT2D eigenvalue weighted by Crippen LogP contribution is -2.12. The van der Waals surface area contributed by atoms with Crippen molar-refractivity contribution in [2.24, 2.45) is 10.9 Å². The van der Waals surface area contributed by atoms with E-state index in [1.807, 2.05) is 0 Å². The first-order chi connectivity index (χ1) is 4.76. The van der Waals surface area contributed by atoms with Gasteiger partial charge in [0.2, 0.25) is 0 Å². The van der Waals surface area contributed by atoms with Gasteiger partial charge in [-0.25, -0.2) is 4.99 Å². The van der Waals surface area contributed by atoms with Gasteiger partial charge in [-0.1, -0.05) is 26.7 Å². The van der Waals surface area contributed by atoms with Crippen LogP contribution in [0.3, 0.4) is 0 Å². The molecule has 2 heteroatoms. The number of hydrogen-bond acceptors (Lipinski definition) is 2. The maximum atomic E-state index is 4.53. The lowest BCUT2D eigenvalue weighted by Gasteiger charge is -2.14. The molecule has 0 spiro atoms. The number of hydrogen-bond donors (Lipinski definition) is 0. The molecule has 0 N–H and O–H groups in total. The highest BCUT2D eigenvalue weighted by molar-refractivity contribution is 7.78. The Morgan fingerprint density at radius 3 is 2.20 bits per heavy atom. The molecule has 0 aromatic rings. The maximum Gasteiger partial charge on any atom is 0.0602 e. The first-order valence-corrected chi connectivity index (χ1v) is 4.24. The Morgan fingerprint density at radius 1 is 1.40 bits per heavy atom. The van der Waals surface area contributed by atoms with Crippen molar-refractivity contribution in [3.05, 3.63) is 0 Å². The van der Waals surface area contributed by atoms with Crippen molar-refractivity contribution in [1.29, 1.82) is 0 Å². The second-order valence-electron chi connectivity index (χ2n) is 2.54. The van der Waals surface area contributed by atoms with Crippen molar-refractivity contribution in [3.63, 3.8) is 0 Å². The predicted molar refractivity (Wildman–Crippen MR) is 48.6 cm³/mol. The number of aliphatic imine (C=N–C) groups is 1. The van der Waals surface area contributed by atoms with Crippen LogP contribution in [0.1, 0.15) is 33.6 Å². The van der Waals surface area contributed by atoms with Gasteiger partial charge in [-0.2, -0.15) is 0 Å². The second-order valence-corrected chi connectivity index (χ2v) is 2.72. The van der Waals surface area contributed by atoms with Crippen molar-refractivity contribution in [2.45, 2.75) is 39.7 Å². The number of nitrogens with zero attached hydrogens (tertiary/aromatic N) is 1. The van der Waals surface area contributed by atoms with E-state index in [-0.39, 0.29) is 0 Å². The molecule has 0 heterocycles. The van der Waals surface area contributed by atoms with Crippen molar-refractivity contribution in [2.75, 3.05) is 0 Å². The molecule has 0 aliphatic heterocycles. The molecule has 1 atom stereocenters. The van der Waals surface area contributed by atoms with Crippen LogP contribution in [0.4, 0.5) is 0 Å². The third-order valence-electron chi connectivity index (χ3n) is 1.99. The van der Waals surface area contributed by atoms with Crippen LogP contribution in [-0.4, -0.2) is 11.2 Å². The molecule has 0 unspecified atom stereocenters. The summed E-state index contributed by atoms with van der Waals surface area (Å²) in [5.41, 5.74) is 0. The van der Waals surface area contributed by atoms with Crippen LogP contribution in [0.5, 0.6) is 0 Å². The normalized spacial score (nSPS) is 12.8. The average Bonchev–Trinajstić information content (AvgIpc) is 1.91. The summed E-state index contributed by atoms with van der Waals surface area (Å²) in [7, 11) is 0. The molecule has 0 rings (SSSR count). The molecule has 0 saturated carbocycles. The standard InChI is InChI=1S/C8H15NS/c1-4-8(5-2)7(3)9-6-10/h7-8H,4-5H2,1-3H3/t7-/m0/s1. The van der Waals surface area contributed by atoms with E-state index in [0.29, 0.717) is 12.0 Å². The topological polar surface area (TPSA) is 12.4 Å². The fraction of sp³-hybridized carbons (Fsp3) is 0.875. The molecule has 0 saturated heterocycles. The zero-order valence-corrected chi connectivity index (χ0v) is 7.74. The van der Waals surface area contributed by atoms with Gasteiger partial charge in [0.15, 0.2) is 0 Å². The van der Waals surface area contributed by atoms with Crippen molar-refractivity contribution >= 4 is 17.4 Å². The Bertz CT molecular complexity index is 123. The molecule has 10 heavy (non-hydrogen) atoms. The van der Waals surface area contributed by atoms with E-state index in [1.54, 1.807) is 0 Å². The fourth-order valence-electron chi connectivity index (χ4n) is 1.16. The Hall–Kier alpha value is -0.200. The third kappa shape index (κ3) is 3.09. The van der Waals surface area contributed by atoms with Crippen LogP contribution >= 0.6 is 12.2 Å². The molecule has 0 amide bonds. The number of rotatable bonds is 4. The molecule has 58 valence electrons. The number of isothiocyanates is 1. The molecule has 0 aromatic carbocycles.